The van der Waals surface area contributed by atoms with Crippen molar-refractivity contribution in [1.82, 2.24) is 15.0 Å². The summed E-state index contributed by atoms with van der Waals surface area (Å²) in [5, 5.41) is 4.03. The van der Waals surface area contributed by atoms with E-state index in [-0.39, 0.29) is 0 Å². The second-order valence-electron chi connectivity index (χ2n) is 4.91. The van der Waals surface area contributed by atoms with Gasteiger partial charge in [-0.15, -0.1) is 0 Å². The lowest BCUT2D eigenvalue weighted by molar-refractivity contribution is 0.153. The molecule has 0 saturated carbocycles. The van der Waals surface area contributed by atoms with Gasteiger partial charge in [-0.3, -0.25) is 0 Å². The monoisotopic (exact) mass is 255 g/mol. The predicted octanol–water partition coefficient (Wildman–Crippen LogP) is 2.52. The summed E-state index contributed by atoms with van der Waals surface area (Å²) < 4.78 is 5.38. The average molecular weight is 255 g/mol. The second-order valence-corrected chi connectivity index (χ2v) is 5.78. The molecular weight excluding hydrogens is 234 g/mol. The summed E-state index contributed by atoms with van der Waals surface area (Å²) in [6.45, 7) is 6.74. The summed E-state index contributed by atoms with van der Waals surface area (Å²) in [6, 6.07) is 0.603. The van der Waals surface area contributed by atoms with Gasteiger partial charge in [0.25, 0.3) is 0 Å². The van der Waals surface area contributed by atoms with Crippen LogP contribution in [0.1, 0.15) is 44.3 Å². The maximum Gasteiger partial charge on any atom is 0.231 e. The highest BCUT2D eigenvalue weighted by molar-refractivity contribution is 7.97. The Morgan fingerprint density at radius 2 is 2.35 bits per heavy atom. The third kappa shape index (κ3) is 3.22. The van der Waals surface area contributed by atoms with Crippen molar-refractivity contribution < 1.29 is 4.52 Å². The normalized spacial score (nSPS) is 22.2. The van der Waals surface area contributed by atoms with Gasteiger partial charge in [-0.25, -0.2) is 0 Å². The highest BCUT2D eigenvalue weighted by atomic mass is 32.2. The van der Waals surface area contributed by atoms with Crippen molar-refractivity contribution in [3.63, 3.8) is 0 Å². The Balaban J connectivity index is 2.00. The number of nitrogens with zero attached hydrogens (tertiary/aromatic N) is 3. The number of hydrogen-bond donors (Lipinski definition) is 0. The lowest BCUT2D eigenvalue weighted by atomic mass is 9.97. The van der Waals surface area contributed by atoms with Crippen molar-refractivity contribution in [2.24, 2.45) is 0 Å². The summed E-state index contributed by atoms with van der Waals surface area (Å²) in [5.41, 5.74) is 0. The molecule has 4 nitrogen and oxygen atoms in total. The Bertz CT molecular complexity index is 353. The number of likely N-dealkylation sites (tertiary alicyclic amines) is 1. The first-order valence-electron chi connectivity index (χ1n) is 6.26. The Labute approximate surface area is 107 Å². The molecule has 0 N–H and O–H groups in total. The maximum absolute atomic E-state index is 5.38. The van der Waals surface area contributed by atoms with Gasteiger partial charge in [0, 0.05) is 12.6 Å². The maximum atomic E-state index is 5.38. The Kier molecular flexibility index (Phi) is 4.45. The van der Waals surface area contributed by atoms with E-state index in [1.807, 2.05) is 0 Å². The van der Waals surface area contributed by atoms with Gasteiger partial charge in [0.05, 0.1) is 11.7 Å². The SMILES string of the molecule is CSCc1noc(C2CCCN(C(C)C)C2)n1. The van der Waals surface area contributed by atoms with Crippen LogP contribution in [0.2, 0.25) is 0 Å². The topological polar surface area (TPSA) is 42.2 Å². The highest BCUT2D eigenvalue weighted by Crippen LogP contribution is 2.26. The van der Waals surface area contributed by atoms with Crippen LogP contribution in [0, 0.1) is 0 Å². The fourth-order valence-electron chi connectivity index (χ4n) is 2.30. The van der Waals surface area contributed by atoms with E-state index in [1.54, 1.807) is 11.8 Å². The molecule has 96 valence electrons. The number of piperidine rings is 1. The average Bonchev–Trinajstić information content (AvgIpc) is 2.78. The van der Waals surface area contributed by atoms with Gasteiger partial charge in [-0.2, -0.15) is 16.7 Å². The molecule has 1 aromatic heterocycles. The van der Waals surface area contributed by atoms with Gasteiger partial charge in [0.2, 0.25) is 5.89 Å². The summed E-state index contributed by atoms with van der Waals surface area (Å²) in [4.78, 5) is 6.98. The van der Waals surface area contributed by atoms with Gasteiger partial charge in [-0.05, 0) is 39.5 Å². The molecule has 2 rings (SSSR count). The van der Waals surface area contributed by atoms with Crippen molar-refractivity contribution in [2.75, 3.05) is 19.3 Å². The Hall–Kier alpha value is -0.550. The number of hydrogen-bond acceptors (Lipinski definition) is 5. The first kappa shape index (κ1) is 12.9. The molecule has 17 heavy (non-hydrogen) atoms. The molecule has 1 atom stereocenters. The standard InChI is InChI=1S/C12H21N3OS/c1-9(2)15-6-4-5-10(7-15)12-13-11(8-17-3)14-16-12/h9-10H,4-8H2,1-3H3. The first-order chi connectivity index (χ1) is 8.20. The molecule has 0 spiro atoms. The summed E-state index contributed by atoms with van der Waals surface area (Å²) >= 11 is 1.72. The van der Waals surface area contributed by atoms with Gasteiger partial charge in [-0.1, -0.05) is 5.16 Å². The molecule has 1 aliphatic rings. The van der Waals surface area contributed by atoms with Crippen LogP contribution in [0.3, 0.4) is 0 Å². The lowest BCUT2D eigenvalue weighted by Crippen LogP contribution is -2.39. The van der Waals surface area contributed by atoms with Gasteiger partial charge in [0.15, 0.2) is 5.82 Å². The van der Waals surface area contributed by atoms with Crippen LogP contribution < -0.4 is 0 Å². The second kappa shape index (κ2) is 5.87. The fourth-order valence-corrected chi connectivity index (χ4v) is 2.67. The number of thioether (sulfide) groups is 1. The molecule has 1 unspecified atom stereocenters. The van der Waals surface area contributed by atoms with E-state index in [4.69, 9.17) is 4.52 Å². The van der Waals surface area contributed by atoms with Crippen LogP contribution in [-0.4, -0.2) is 40.4 Å². The smallest absolute Gasteiger partial charge is 0.231 e. The third-order valence-corrected chi connectivity index (χ3v) is 3.84. The van der Waals surface area contributed by atoms with Crippen LogP contribution in [0.15, 0.2) is 4.52 Å². The lowest BCUT2D eigenvalue weighted by Gasteiger charge is -2.33. The molecule has 0 radical (unpaired) electrons. The van der Waals surface area contributed by atoms with Crippen molar-refractivity contribution in [2.45, 2.75) is 44.4 Å². The van der Waals surface area contributed by atoms with E-state index >= 15 is 0 Å². The van der Waals surface area contributed by atoms with Crippen molar-refractivity contribution >= 4 is 11.8 Å². The number of rotatable bonds is 4. The van der Waals surface area contributed by atoms with Crippen LogP contribution in [0.4, 0.5) is 0 Å². The minimum Gasteiger partial charge on any atom is -0.339 e. The summed E-state index contributed by atoms with van der Waals surface area (Å²) in [5.74, 6) is 2.92. The van der Waals surface area contributed by atoms with Crippen molar-refractivity contribution in [1.29, 1.82) is 0 Å². The molecule has 0 amide bonds. The highest BCUT2D eigenvalue weighted by Gasteiger charge is 2.26. The van der Waals surface area contributed by atoms with E-state index in [0.29, 0.717) is 12.0 Å². The first-order valence-corrected chi connectivity index (χ1v) is 7.65. The minimum absolute atomic E-state index is 0.425. The number of aromatic nitrogens is 2. The van der Waals surface area contributed by atoms with E-state index in [2.05, 4.69) is 35.1 Å². The zero-order chi connectivity index (χ0) is 12.3. The molecule has 0 bridgehead atoms. The van der Waals surface area contributed by atoms with E-state index in [9.17, 15) is 0 Å². The largest absolute Gasteiger partial charge is 0.339 e. The summed E-state index contributed by atoms with van der Waals surface area (Å²) in [7, 11) is 0. The van der Waals surface area contributed by atoms with Gasteiger partial charge >= 0.3 is 0 Å². The Morgan fingerprint density at radius 1 is 1.53 bits per heavy atom. The predicted molar refractivity (Wildman–Crippen MR) is 70.2 cm³/mol. The van der Waals surface area contributed by atoms with E-state index in [1.165, 1.54) is 19.4 Å². The van der Waals surface area contributed by atoms with Gasteiger partial charge in [0.1, 0.15) is 0 Å². The van der Waals surface area contributed by atoms with E-state index < -0.39 is 0 Å². The Morgan fingerprint density at radius 3 is 3.06 bits per heavy atom. The van der Waals surface area contributed by atoms with Crippen LogP contribution >= 0.6 is 11.8 Å². The zero-order valence-corrected chi connectivity index (χ0v) is 11.7. The van der Waals surface area contributed by atoms with Crippen LogP contribution in [-0.2, 0) is 5.75 Å². The van der Waals surface area contributed by atoms with Crippen LogP contribution in [0.25, 0.3) is 0 Å². The van der Waals surface area contributed by atoms with Gasteiger partial charge < -0.3 is 9.42 Å². The quantitative estimate of drug-likeness (QED) is 0.827. The molecule has 0 aliphatic carbocycles. The van der Waals surface area contributed by atoms with Crippen molar-refractivity contribution in [3.05, 3.63) is 11.7 Å². The molecule has 1 saturated heterocycles. The molecular formula is C12H21N3OS. The third-order valence-electron chi connectivity index (χ3n) is 3.29. The molecule has 2 heterocycles. The fraction of sp³-hybridized carbons (Fsp3) is 0.833. The molecule has 5 heteroatoms. The molecule has 1 fully saturated rings. The zero-order valence-electron chi connectivity index (χ0n) is 10.8. The minimum atomic E-state index is 0.425. The summed E-state index contributed by atoms with van der Waals surface area (Å²) in [6.07, 6.45) is 4.45. The van der Waals surface area contributed by atoms with Crippen molar-refractivity contribution in [3.8, 4) is 0 Å². The van der Waals surface area contributed by atoms with E-state index in [0.717, 1.165) is 24.0 Å². The van der Waals surface area contributed by atoms with Crippen LogP contribution in [0.5, 0.6) is 0 Å². The molecule has 1 aliphatic heterocycles. The molecule has 1 aromatic rings. The molecule has 0 aromatic carbocycles.